The lowest BCUT2D eigenvalue weighted by atomic mass is 9.51. The van der Waals surface area contributed by atoms with Crippen molar-refractivity contribution in [3.63, 3.8) is 0 Å². The Kier molecular flexibility index (Phi) is 2.73. The highest BCUT2D eigenvalue weighted by atomic mass is 16.4. The summed E-state index contributed by atoms with van der Waals surface area (Å²) >= 11 is 0. The molecule has 3 nitrogen and oxygen atoms in total. The van der Waals surface area contributed by atoms with Gasteiger partial charge in [-0.15, -0.1) is 0 Å². The molecule has 104 valence electrons. The van der Waals surface area contributed by atoms with Crippen LogP contribution in [0, 0.1) is 23.7 Å². The fourth-order valence-corrected chi connectivity index (χ4v) is 5.17. The molecule has 1 heterocycles. The Bertz CT molecular complexity index is 439. The SMILES string of the molecule is CNC(C)c1ncc(C2C3CC4CC(C3)CC2C4)o1. The van der Waals surface area contributed by atoms with Crippen molar-refractivity contribution in [3.8, 4) is 0 Å². The summed E-state index contributed by atoms with van der Waals surface area (Å²) in [5.41, 5.74) is 0. The van der Waals surface area contributed by atoms with Crippen LogP contribution in [0.25, 0.3) is 0 Å². The van der Waals surface area contributed by atoms with Crippen molar-refractivity contribution in [3.05, 3.63) is 17.8 Å². The maximum atomic E-state index is 6.09. The van der Waals surface area contributed by atoms with Crippen molar-refractivity contribution in [2.24, 2.45) is 23.7 Å². The summed E-state index contributed by atoms with van der Waals surface area (Å²) in [6, 6.07) is 0.214. The molecule has 4 aliphatic carbocycles. The fourth-order valence-electron chi connectivity index (χ4n) is 5.17. The predicted octanol–water partition coefficient (Wildman–Crippen LogP) is 3.49. The quantitative estimate of drug-likeness (QED) is 0.904. The minimum absolute atomic E-state index is 0.214. The van der Waals surface area contributed by atoms with Crippen molar-refractivity contribution in [2.45, 2.75) is 51.0 Å². The van der Waals surface area contributed by atoms with Gasteiger partial charge < -0.3 is 9.73 Å². The Morgan fingerprint density at radius 3 is 2.37 bits per heavy atom. The van der Waals surface area contributed by atoms with Gasteiger partial charge in [0.2, 0.25) is 5.89 Å². The first-order chi connectivity index (χ1) is 9.24. The number of rotatable bonds is 3. The second-order valence-electron chi connectivity index (χ2n) is 7.07. The van der Waals surface area contributed by atoms with Crippen LogP contribution in [0.3, 0.4) is 0 Å². The Morgan fingerprint density at radius 2 is 1.79 bits per heavy atom. The lowest BCUT2D eigenvalue weighted by molar-refractivity contribution is -0.0100. The van der Waals surface area contributed by atoms with Crippen LogP contribution in [-0.4, -0.2) is 12.0 Å². The highest BCUT2D eigenvalue weighted by Gasteiger charge is 2.49. The molecule has 1 aromatic rings. The van der Waals surface area contributed by atoms with Crippen molar-refractivity contribution in [1.29, 1.82) is 0 Å². The van der Waals surface area contributed by atoms with E-state index in [-0.39, 0.29) is 6.04 Å². The van der Waals surface area contributed by atoms with E-state index in [1.807, 2.05) is 13.2 Å². The van der Waals surface area contributed by atoms with E-state index in [0.29, 0.717) is 5.92 Å². The zero-order valence-corrected chi connectivity index (χ0v) is 11.9. The molecule has 0 aromatic carbocycles. The smallest absolute Gasteiger partial charge is 0.211 e. The minimum atomic E-state index is 0.214. The highest BCUT2D eigenvalue weighted by Crippen LogP contribution is 2.59. The first-order valence-electron chi connectivity index (χ1n) is 7.87. The molecule has 0 saturated heterocycles. The Labute approximate surface area is 115 Å². The topological polar surface area (TPSA) is 38.1 Å². The van der Waals surface area contributed by atoms with Crippen LogP contribution in [0.15, 0.2) is 10.6 Å². The largest absolute Gasteiger partial charge is 0.444 e. The third kappa shape index (κ3) is 1.85. The van der Waals surface area contributed by atoms with Crippen molar-refractivity contribution >= 4 is 0 Å². The van der Waals surface area contributed by atoms with Crippen LogP contribution in [0.5, 0.6) is 0 Å². The molecule has 1 unspecified atom stereocenters. The molecule has 0 radical (unpaired) electrons. The number of hydrogen-bond acceptors (Lipinski definition) is 3. The zero-order valence-electron chi connectivity index (χ0n) is 11.9. The standard InChI is InChI=1S/C16H24N2O/c1-9(17-2)16-18-8-14(19-16)15-12-4-10-3-11(6-12)7-13(15)5-10/h8-13,15,17H,3-7H2,1-2H3. The van der Waals surface area contributed by atoms with Gasteiger partial charge in [0, 0.05) is 5.92 Å². The maximum Gasteiger partial charge on any atom is 0.211 e. The van der Waals surface area contributed by atoms with Crippen LogP contribution < -0.4 is 5.32 Å². The molecule has 0 amide bonds. The van der Waals surface area contributed by atoms with Crippen molar-refractivity contribution in [1.82, 2.24) is 10.3 Å². The summed E-state index contributed by atoms with van der Waals surface area (Å²) in [4.78, 5) is 4.49. The molecule has 3 heteroatoms. The Balaban J connectivity index is 1.60. The van der Waals surface area contributed by atoms with E-state index >= 15 is 0 Å². The lowest BCUT2D eigenvalue weighted by Crippen LogP contribution is -2.43. The molecule has 4 bridgehead atoms. The molecular formula is C16H24N2O. The van der Waals surface area contributed by atoms with Crippen LogP contribution in [0.1, 0.15) is 62.6 Å². The van der Waals surface area contributed by atoms with Crippen molar-refractivity contribution < 1.29 is 4.42 Å². The molecule has 0 spiro atoms. The molecule has 1 aromatic heterocycles. The maximum absolute atomic E-state index is 6.09. The van der Waals surface area contributed by atoms with E-state index in [1.54, 1.807) is 0 Å². The van der Waals surface area contributed by atoms with Gasteiger partial charge in [-0.25, -0.2) is 4.98 Å². The van der Waals surface area contributed by atoms with Gasteiger partial charge in [0.15, 0.2) is 0 Å². The number of nitrogens with zero attached hydrogens (tertiary/aromatic N) is 1. The molecule has 1 N–H and O–H groups in total. The Morgan fingerprint density at radius 1 is 1.16 bits per heavy atom. The van der Waals surface area contributed by atoms with E-state index < -0.39 is 0 Å². The molecule has 4 fully saturated rings. The van der Waals surface area contributed by atoms with Crippen LogP contribution in [0.2, 0.25) is 0 Å². The number of nitrogens with one attached hydrogen (secondary N) is 1. The van der Waals surface area contributed by atoms with Gasteiger partial charge in [-0.1, -0.05) is 0 Å². The van der Waals surface area contributed by atoms with Crippen molar-refractivity contribution in [2.75, 3.05) is 7.05 Å². The summed E-state index contributed by atoms with van der Waals surface area (Å²) in [6.07, 6.45) is 9.28. The highest BCUT2D eigenvalue weighted by molar-refractivity contribution is 5.13. The first kappa shape index (κ1) is 12.0. The summed E-state index contributed by atoms with van der Waals surface area (Å²) in [7, 11) is 1.96. The molecule has 4 aliphatic rings. The zero-order chi connectivity index (χ0) is 13.0. The third-order valence-electron chi connectivity index (χ3n) is 5.90. The van der Waals surface area contributed by atoms with Crippen LogP contribution in [-0.2, 0) is 0 Å². The van der Waals surface area contributed by atoms with E-state index in [1.165, 1.54) is 37.9 Å². The predicted molar refractivity (Wildman–Crippen MR) is 73.8 cm³/mol. The summed E-state index contributed by atoms with van der Waals surface area (Å²) in [5, 5.41) is 3.21. The van der Waals surface area contributed by atoms with Gasteiger partial charge in [0.25, 0.3) is 0 Å². The number of aromatic nitrogens is 1. The van der Waals surface area contributed by atoms with E-state index in [2.05, 4.69) is 17.2 Å². The van der Waals surface area contributed by atoms with Gasteiger partial charge >= 0.3 is 0 Å². The normalized spacial score (nSPS) is 41.7. The van der Waals surface area contributed by atoms with Crippen LogP contribution >= 0.6 is 0 Å². The fraction of sp³-hybridized carbons (Fsp3) is 0.812. The lowest BCUT2D eigenvalue weighted by Gasteiger charge is -2.53. The van der Waals surface area contributed by atoms with E-state index in [0.717, 1.165) is 29.6 Å². The van der Waals surface area contributed by atoms with Crippen LogP contribution in [0.4, 0.5) is 0 Å². The average molecular weight is 260 g/mol. The molecule has 4 saturated carbocycles. The Hall–Kier alpha value is -0.830. The molecule has 0 aliphatic heterocycles. The monoisotopic (exact) mass is 260 g/mol. The second-order valence-corrected chi connectivity index (χ2v) is 7.07. The van der Waals surface area contributed by atoms with Gasteiger partial charge in [0.05, 0.1) is 12.2 Å². The minimum Gasteiger partial charge on any atom is -0.444 e. The molecular weight excluding hydrogens is 236 g/mol. The number of hydrogen-bond donors (Lipinski definition) is 1. The second kappa shape index (κ2) is 4.34. The summed E-state index contributed by atoms with van der Waals surface area (Å²) < 4.78 is 6.09. The van der Waals surface area contributed by atoms with Gasteiger partial charge in [-0.05, 0) is 69.7 Å². The first-order valence-corrected chi connectivity index (χ1v) is 7.87. The summed E-state index contributed by atoms with van der Waals surface area (Å²) in [5.74, 6) is 6.49. The molecule has 1 atom stereocenters. The summed E-state index contributed by atoms with van der Waals surface area (Å²) in [6.45, 7) is 2.10. The van der Waals surface area contributed by atoms with Gasteiger partial charge in [0.1, 0.15) is 5.76 Å². The number of oxazole rings is 1. The molecule has 5 rings (SSSR count). The van der Waals surface area contributed by atoms with Gasteiger partial charge in [-0.2, -0.15) is 0 Å². The van der Waals surface area contributed by atoms with Gasteiger partial charge in [-0.3, -0.25) is 0 Å². The van der Waals surface area contributed by atoms with E-state index in [4.69, 9.17) is 4.42 Å². The molecule has 19 heavy (non-hydrogen) atoms. The van der Waals surface area contributed by atoms with E-state index in [9.17, 15) is 0 Å². The average Bonchev–Trinajstić information content (AvgIpc) is 2.86. The third-order valence-corrected chi connectivity index (χ3v) is 5.90.